The maximum Gasteiger partial charge on any atom is 0.241 e. The van der Waals surface area contributed by atoms with Gasteiger partial charge < -0.3 is 9.64 Å². The maximum absolute atomic E-state index is 13.6. The second-order valence-electron chi connectivity index (χ2n) is 8.17. The van der Waals surface area contributed by atoms with E-state index in [1.54, 1.807) is 4.90 Å². The molecule has 34 heavy (non-hydrogen) atoms. The average molecular weight is 499 g/mol. The van der Waals surface area contributed by atoms with Crippen LogP contribution >= 0.6 is 11.6 Å². The second-order valence-corrected chi connectivity index (χ2v) is 10.3. The molecule has 0 bridgehead atoms. The molecule has 1 amide bonds. The van der Waals surface area contributed by atoms with Crippen molar-refractivity contribution in [3.8, 4) is 5.75 Å². The number of nitrogens with zero attached hydrogens (tertiary/aromatic N) is 1. The van der Waals surface area contributed by atoms with E-state index in [1.807, 2.05) is 55.5 Å². The Labute approximate surface area is 205 Å². The number of carbonyl (C=O) groups is 1. The number of halogens is 1. The second kappa shape index (κ2) is 10.6. The summed E-state index contributed by atoms with van der Waals surface area (Å²) in [6.45, 7) is 3.23. The Balaban J connectivity index is 1.60. The summed E-state index contributed by atoms with van der Waals surface area (Å²) < 4.78 is 34.6. The molecule has 0 aromatic heterocycles. The van der Waals surface area contributed by atoms with Gasteiger partial charge in [0.2, 0.25) is 15.9 Å². The standard InChI is InChI=1S/C26H27ClN2O4S/c1-2-33-25-13-12-22(17-23(25)27)34(31,32)28-24(16-19-8-4-3-5-9-19)26(30)29-15-14-20-10-6-7-11-21(20)18-29/h3-13,17,24,28H,2,14-16,18H2,1H3. The van der Waals surface area contributed by atoms with Crippen molar-refractivity contribution in [3.05, 3.63) is 94.5 Å². The van der Waals surface area contributed by atoms with Gasteiger partial charge in [-0.1, -0.05) is 66.2 Å². The molecule has 1 heterocycles. The highest BCUT2D eigenvalue weighted by atomic mass is 35.5. The van der Waals surface area contributed by atoms with Gasteiger partial charge in [-0.3, -0.25) is 4.79 Å². The van der Waals surface area contributed by atoms with Crippen LogP contribution < -0.4 is 9.46 Å². The van der Waals surface area contributed by atoms with Crippen LogP contribution in [0.2, 0.25) is 5.02 Å². The predicted octanol–water partition coefficient (Wildman–Crippen LogP) is 4.21. The lowest BCUT2D eigenvalue weighted by Crippen LogP contribution is -2.50. The number of carbonyl (C=O) groups excluding carboxylic acids is 1. The molecule has 1 unspecified atom stereocenters. The molecule has 1 aliphatic heterocycles. The van der Waals surface area contributed by atoms with Gasteiger partial charge in [0.05, 0.1) is 16.5 Å². The van der Waals surface area contributed by atoms with Crippen LogP contribution in [0, 0.1) is 0 Å². The fourth-order valence-electron chi connectivity index (χ4n) is 4.11. The Kier molecular flexibility index (Phi) is 7.56. The number of benzene rings is 3. The molecule has 178 valence electrons. The topological polar surface area (TPSA) is 75.7 Å². The molecule has 0 saturated heterocycles. The Hall–Kier alpha value is -2.87. The molecule has 4 rings (SSSR count). The van der Waals surface area contributed by atoms with Crippen molar-refractivity contribution in [3.63, 3.8) is 0 Å². The number of fused-ring (bicyclic) bond motifs is 1. The minimum atomic E-state index is -4.02. The van der Waals surface area contributed by atoms with Gasteiger partial charge in [-0.15, -0.1) is 0 Å². The molecule has 3 aromatic carbocycles. The third-order valence-corrected chi connectivity index (χ3v) is 7.60. The van der Waals surface area contributed by atoms with Gasteiger partial charge in [0.25, 0.3) is 0 Å². The number of rotatable bonds is 8. The smallest absolute Gasteiger partial charge is 0.241 e. The van der Waals surface area contributed by atoms with E-state index in [0.29, 0.717) is 25.4 Å². The third-order valence-electron chi connectivity index (χ3n) is 5.83. The summed E-state index contributed by atoms with van der Waals surface area (Å²) in [4.78, 5) is 15.3. The first-order valence-corrected chi connectivity index (χ1v) is 13.1. The van der Waals surface area contributed by atoms with E-state index in [4.69, 9.17) is 16.3 Å². The third kappa shape index (κ3) is 5.60. The Morgan fingerprint density at radius 1 is 1.06 bits per heavy atom. The molecular formula is C26H27ClN2O4S. The molecule has 0 spiro atoms. The molecule has 0 saturated carbocycles. The highest BCUT2D eigenvalue weighted by Crippen LogP contribution is 2.28. The largest absolute Gasteiger partial charge is 0.492 e. The molecule has 6 nitrogen and oxygen atoms in total. The van der Waals surface area contributed by atoms with Gasteiger partial charge in [0, 0.05) is 13.1 Å². The highest BCUT2D eigenvalue weighted by Gasteiger charge is 2.31. The van der Waals surface area contributed by atoms with Crippen LogP contribution in [0.5, 0.6) is 5.75 Å². The Bertz CT molecular complexity index is 1260. The zero-order valence-corrected chi connectivity index (χ0v) is 20.5. The number of hydrogen-bond donors (Lipinski definition) is 1. The number of ether oxygens (including phenoxy) is 1. The number of nitrogens with one attached hydrogen (secondary N) is 1. The van der Waals surface area contributed by atoms with Crippen molar-refractivity contribution in [1.82, 2.24) is 9.62 Å². The molecular weight excluding hydrogens is 472 g/mol. The van der Waals surface area contributed by atoms with Crippen molar-refractivity contribution in [1.29, 1.82) is 0 Å². The molecule has 3 aromatic rings. The molecule has 0 fully saturated rings. The predicted molar refractivity (Wildman–Crippen MR) is 132 cm³/mol. The molecule has 8 heteroatoms. The Morgan fingerprint density at radius 3 is 2.47 bits per heavy atom. The van der Waals surface area contributed by atoms with E-state index in [0.717, 1.165) is 17.5 Å². The normalized spacial score (nSPS) is 14.4. The zero-order chi connectivity index (χ0) is 24.1. The van der Waals surface area contributed by atoms with Crippen LogP contribution in [-0.4, -0.2) is 38.4 Å². The van der Waals surface area contributed by atoms with Crippen LogP contribution in [0.15, 0.2) is 77.7 Å². The van der Waals surface area contributed by atoms with Gasteiger partial charge in [0.1, 0.15) is 11.8 Å². The summed E-state index contributed by atoms with van der Waals surface area (Å²) >= 11 is 6.22. The van der Waals surface area contributed by atoms with Crippen molar-refractivity contribution in [2.45, 2.75) is 37.2 Å². The van der Waals surface area contributed by atoms with Gasteiger partial charge in [0.15, 0.2) is 0 Å². The fourth-order valence-corrected chi connectivity index (χ4v) is 5.62. The monoisotopic (exact) mass is 498 g/mol. The van der Waals surface area contributed by atoms with E-state index in [2.05, 4.69) is 10.8 Å². The minimum Gasteiger partial charge on any atom is -0.492 e. The van der Waals surface area contributed by atoms with Crippen molar-refractivity contribution in [2.24, 2.45) is 0 Å². The highest BCUT2D eigenvalue weighted by molar-refractivity contribution is 7.89. The van der Waals surface area contributed by atoms with Crippen LogP contribution in [-0.2, 0) is 34.2 Å². The first-order chi connectivity index (χ1) is 16.4. The molecule has 0 aliphatic carbocycles. The lowest BCUT2D eigenvalue weighted by atomic mass is 9.98. The van der Waals surface area contributed by atoms with Crippen molar-refractivity contribution >= 4 is 27.5 Å². The number of hydrogen-bond acceptors (Lipinski definition) is 4. The van der Waals surface area contributed by atoms with Gasteiger partial charge >= 0.3 is 0 Å². The lowest BCUT2D eigenvalue weighted by molar-refractivity contribution is -0.133. The fraction of sp³-hybridized carbons (Fsp3) is 0.269. The van der Waals surface area contributed by atoms with E-state index in [9.17, 15) is 13.2 Å². The van der Waals surface area contributed by atoms with E-state index in [1.165, 1.54) is 23.8 Å². The average Bonchev–Trinajstić information content (AvgIpc) is 2.84. The van der Waals surface area contributed by atoms with Gasteiger partial charge in [-0.05, 0) is 54.7 Å². The SMILES string of the molecule is CCOc1ccc(S(=O)(=O)NC(Cc2ccccc2)C(=O)N2CCc3ccccc3C2)cc1Cl. The minimum absolute atomic E-state index is 0.0178. The van der Waals surface area contributed by atoms with Crippen LogP contribution in [0.25, 0.3) is 0 Å². The first kappa shape index (κ1) is 24.3. The lowest BCUT2D eigenvalue weighted by Gasteiger charge is -2.32. The van der Waals surface area contributed by atoms with Crippen LogP contribution in [0.3, 0.4) is 0 Å². The van der Waals surface area contributed by atoms with Gasteiger partial charge in [-0.25, -0.2) is 8.42 Å². The Morgan fingerprint density at radius 2 is 1.76 bits per heavy atom. The van der Waals surface area contributed by atoms with Crippen LogP contribution in [0.1, 0.15) is 23.6 Å². The summed E-state index contributed by atoms with van der Waals surface area (Å²) in [5.41, 5.74) is 3.17. The molecule has 1 N–H and O–H groups in total. The van der Waals surface area contributed by atoms with Crippen LogP contribution in [0.4, 0.5) is 0 Å². The zero-order valence-electron chi connectivity index (χ0n) is 18.9. The molecule has 1 atom stereocenters. The summed E-state index contributed by atoms with van der Waals surface area (Å²) in [6, 6.07) is 20.7. The summed E-state index contributed by atoms with van der Waals surface area (Å²) in [7, 11) is -4.02. The number of sulfonamides is 1. The maximum atomic E-state index is 13.6. The quantitative estimate of drug-likeness (QED) is 0.504. The van der Waals surface area contributed by atoms with E-state index < -0.39 is 16.1 Å². The molecule has 0 radical (unpaired) electrons. The van der Waals surface area contributed by atoms with E-state index in [-0.39, 0.29) is 22.2 Å². The number of amides is 1. The van der Waals surface area contributed by atoms with Crippen molar-refractivity contribution in [2.75, 3.05) is 13.2 Å². The van der Waals surface area contributed by atoms with Gasteiger partial charge in [-0.2, -0.15) is 4.72 Å². The summed E-state index contributed by atoms with van der Waals surface area (Å²) in [5.74, 6) is 0.158. The summed E-state index contributed by atoms with van der Waals surface area (Å²) in [5, 5.41) is 0.197. The first-order valence-electron chi connectivity index (χ1n) is 11.2. The molecule has 1 aliphatic rings. The summed E-state index contributed by atoms with van der Waals surface area (Å²) in [6.07, 6.45) is 0.975. The van der Waals surface area contributed by atoms with Crippen molar-refractivity contribution < 1.29 is 17.9 Å². The van der Waals surface area contributed by atoms with E-state index >= 15 is 0 Å².